The summed E-state index contributed by atoms with van der Waals surface area (Å²) in [5.41, 5.74) is 2.11. The summed E-state index contributed by atoms with van der Waals surface area (Å²) in [7, 11) is 0. The lowest BCUT2D eigenvalue weighted by Gasteiger charge is -2.21. The van der Waals surface area contributed by atoms with E-state index in [0.29, 0.717) is 22.9 Å². The first-order valence-electron chi connectivity index (χ1n) is 9.41. The van der Waals surface area contributed by atoms with E-state index in [-0.39, 0.29) is 31.6 Å². The molecule has 0 aliphatic rings. The maximum atomic E-state index is 12.8. The zero-order chi connectivity index (χ0) is 21.3. The third-order valence-corrected chi connectivity index (χ3v) is 4.41. The molecule has 9 heteroatoms. The lowest BCUT2D eigenvalue weighted by Crippen LogP contribution is -2.37. The van der Waals surface area contributed by atoms with Gasteiger partial charge in [0.15, 0.2) is 0 Å². The summed E-state index contributed by atoms with van der Waals surface area (Å²) >= 11 is 6.11. The Hall–Kier alpha value is -3.23. The number of carbonyl (C=O) groups is 2. The fourth-order valence-electron chi connectivity index (χ4n) is 2.93. The van der Waals surface area contributed by atoms with Crippen molar-refractivity contribution >= 4 is 29.2 Å². The molecule has 0 saturated carbocycles. The van der Waals surface area contributed by atoms with E-state index in [1.807, 2.05) is 30.3 Å². The van der Waals surface area contributed by atoms with Crippen molar-refractivity contribution < 1.29 is 14.3 Å². The number of hydrogen-bond acceptors (Lipinski definition) is 6. The van der Waals surface area contributed by atoms with Crippen molar-refractivity contribution in [3.05, 3.63) is 71.8 Å². The first kappa shape index (κ1) is 21.5. The summed E-state index contributed by atoms with van der Waals surface area (Å²) < 4.78 is 6.58. The molecule has 156 valence electrons. The van der Waals surface area contributed by atoms with Gasteiger partial charge in [-0.15, -0.1) is 0 Å². The van der Waals surface area contributed by atoms with Gasteiger partial charge in [-0.05, 0) is 30.7 Å². The molecule has 0 bridgehead atoms. The van der Waals surface area contributed by atoms with Crippen molar-refractivity contribution in [3.63, 3.8) is 0 Å². The number of amides is 1. The predicted octanol–water partition coefficient (Wildman–Crippen LogP) is 2.92. The molecule has 3 rings (SSSR count). The van der Waals surface area contributed by atoms with Crippen LogP contribution in [0.4, 0.5) is 5.69 Å². The van der Waals surface area contributed by atoms with Crippen molar-refractivity contribution in [3.8, 4) is 5.69 Å². The fraction of sp³-hybridized carbons (Fsp3) is 0.238. The Bertz CT molecular complexity index is 980. The van der Waals surface area contributed by atoms with Crippen molar-refractivity contribution in [2.75, 3.05) is 25.0 Å². The van der Waals surface area contributed by atoms with E-state index in [4.69, 9.17) is 16.3 Å². The Morgan fingerprint density at radius 3 is 2.67 bits per heavy atom. The molecule has 0 aliphatic heterocycles. The molecule has 30 heavy (non-hydrogen) atoms. The van der Waals surface area contributed by atoms with Gasteiger partial charge in [0.25, 0.3) is 0 Å². The molecule has 1 N–H and O–H groups in total. The first-order chi connectivity index (χ1) is 14.5. The third kappa shape index (κ3) is 6.13. The van der Waals surface area contributed by atoms with Gasteiger partial charge in [-0.3, -0.25) is 14.5 Å². The highest BCUT2D eigenvalue weighted by molar-refractivity contribution is 6.31. The number of halogens is 1. The lowest BCUT2D eigenvalue weighted by molar-refractivity contribution is -0.144. The van der Waals surface area contributed by atoms with Crippen LogP contribution in [-0.2, 0) is 20.9 Å². The first-order valence-corrected chi connectivity index (χ1v) is 9.79. The number of anilines is 1. The number of esters is 1. The van der Waals surface area contributed by atoms with Crippen LogP contribution in [0.2, 0.25) is 5.02 Å². The smallest absolute Gasteiger partial charge is 0.320 e. The van der Waals surface area contributed by atoms with Crippen LogP contribution >= 0.6 is 11.6 Å². The minimum absolute atomic E-state index is 0.00162. The van der Waals surface area contributed by atoms with Crippen molar-refractivity contribution in [1.82, 2.24) is 19.7 Å². The van der Waals surface area contributed by atoms with Gasteiger partial charge >= 0.3 is 5.97 Å². The fourth-order valence-corrected chi connectivity index (χ4v) is 3.10. The highest BCUT2D eigenvalue weighted by atomic mass is 35.5. The maximum Gasteiger partial charge on any atom is 0.320 e. The van der Waals surface area contributed by atoms with Crippen LogP contribution in [0.3, 0.4) is 0 Å². The molecular formula is C21H22ClN5O3. The molecule has 1 amide bonds. The average Bonchev–Trinajstić information content (AvgIpc) is 3.23. The second-order valence-electron chi connectivity index (χ2n) is 6.49. The van der Waals surface area contributed by atoms with Crippen LogP contribution in [0.15, 0.2) is 61.2 Å². The lowest BCUT2D eigenvalue weighted by atomic mass is 10.2. The van der Waals surface area contributed by atoms with Crippen LogP contribution in [-0.4, -0.2) is 51.2 Å². The summed E-state index contributed by atoms with van der Waals surface area (Å²) in [5.74, 6) is -0.675. The zero-order valence-electron chi connectivity index (χ0n) is 16.5. The molecule has 3 aromatic rings. The van der Waals surface area contributed by atoms with Gasteiger partial charge in [-0.1, -0.05) is 41.9 Å². The van der Waals surface area contributed by atoms with Gasteiger partial charge in [-0.2, -0.15) is 5.10 Å². The van der Waals surface area contributed by atoms with E-state index >= 15 is 0 Å². The van der Waals surface area contributed by atoms with Gasteiger partial charge in [-0.25, -0.2) is 9.67 Å². The topological polar surface area (TPSA) is 89.4 Å². The average molecular weight is 428 g/mol. The van der Waals surface area contributed by atoms with Crippen molar-refractivity contribution in [2.45, 2.75) is 13.5 Å². The number of aromatic nitrogens is 3. The maximum absolute atomic E-state index is 12.8. The summed E-state index contributed by atoms with van der Waals surface area (Å²) in [6, 6.07) is 14.7. The quantitative estimate of drug-likeness (QED) is 0.528. The summed E-state index contributed by atoms with van der Waals surface area (Å²) in [5, 5.41) is 7.43. The Morgan fingerprint density at radius 1 is 1.17 bits per heavy atom. The number of rotatable bonds is 9. The number of nitrogens with zero attached hydrogens (tertiary/aromatic N) is 4. The van der Waals surface area contributed by atoms with E-state index in [9.17, 15) is 9.59 Å². The van der Waals surface area contributed by atoms with Gasteiger partial charge < -0.3 is 10.1 Å². The number of hydrogen-bond donors (Lipinski definition) is 1. The minimum Gasteiger partial charge on any atom is -0.465 e. The molecule has 2 aromatic carbocycles. The Kier molecular flexibility index (Phi) is 7.53. The summed E-state index contributed by atoms with van der Waals surface area (Å²) in [4.78, 5) is 30.5. The molecular weight excluding hydrogens is 406 g/mol. The van der Waals surface area contributed by atoms with E-state index in [1.54, 1.807) is 30.0 Å². The van der Waals surface area contributed by atoms with Gasteiger partial charge in [0.2, 0.25) is 5.91 Å². The zero-order valence-corrected chi connectivity index (χ0v) is 17.2. The number of ether oxygens (including phenoxy) is 1. The summed E-state index contributed by atoms with van der Waals surface area (Å²) in [6.07, 6.45) is 2.93. The molecule has 0 atom stereocenters. The normalized spacial score (nSPS) is 10.8. The van der Waals surface area contributed by atoms with Gasteiger partial charge in [0.05, 0.1) is 31.1 Å². The molecule has 1 heterocycles. The van der Waals surface area contributed by atoms with E-state index < -0.39 is 0 Å². The Labute approximate surface area is 179 Å². The van der Waals surface area contributed by atoms with E-state index in [0.717, 1.165) is 5.56 Å². The Morgan fingerprint density at radius 2 is 1.97 bits per heavy atom. The van der Waals surface area contributed by atoms with Crippen molar-refractivity contribution in [1.29, 1.82) is 0 Å². The highest BCUT2D eigenvalue weighted by Gasteiger charge is 2.17. The molecule has 0 saturated heterocycles. The standard InChI is InChI=1S/C21H22ClN5O3/c1-2-30-21(29)13-26(11-16-6-4-3-5-7-16)12-20(28)25-18-10-17(22)8-9-19(18)27-15-23-14-24-27/h3-10,14-15H,2,11-13H2,1H3,(H,25,28). The monoisotopic (exact) mass is 427 g/mol. The predicted molar refractivity (Wildman–Crippen MR) is 113 cm³/mol. The highest BCUT2D eigenvalue weighted by Crippen LogP contribution is 2.24. The second-order valence-corrected chi connectivity index (χ2v) is 6.92. The molecule has 0 aliphatic carbocycles. The van der Waals surface area contributed by atoms with Crippen LogP contribution < -0.4 is 5.32 Å². The summed E-state index contributed by atoms with van der Waals surface area (Å²) in [6.45, 7) is 2.46. The van der Waals surface area contributed by atoms with E-state index in [1.165, 1.54) is 17.3 Å². The minimum atomic E-state index is -0.382. The van der Waals surface area contributed by atoms with Crippen LogP contribution in [0, 0.1) is 0 Å². The SMILES string of the molecule is CCOC(=O)CN(CC(=O)Nc1cc(Cl)ccc1-n1cncn1)Cc1ccccc1. The number of nitrogens with one attached hydrogen (secondary N) is 1. The molecule has 1 aromatic heterocycles. The van der Waals surface area contributed by atoms with Gasteiger partial charge in [0.1, 0.15) is 12.7 Å². The number of carbonyl (C=O) groups excluding carboxylic acids is 2. The van der Waals surface area contributed by atoms with Crippen LogP contribution in [0.5, 0.6) is 0 Å². The molecule has 0 spiro atoms. The van der Waals surface area contributed by atoms with Gasteiger partial charge in [0, 0.05) is 11.6 Å². The molecule has 0 radical (unpaired) electrons. The van der Waals surface area contributed by atoms with Crippen LogP contribution in [0.25, 0.3) is 5.69 Å². The number of benzene rings is 2. The second kappa shape index (κ2) is 10.5. The molecule has 0 fully saturated rings. The van der Waals surface area contributed by atoms with Crippen LogP contribution in [0.1, 0.15) is 12.5 Å². The largest absolute Gasteiger partial charge is 0.465 e. The Balaban J connectivity index is 1.74. The van der Waals surface area contributed by atoms with E-state index in [2.05, 4.69) is 15.4 Å². The van der Waals surface area contributed by atoms with Crippen molar-refractivity contribution in [2.24, 2.45) is 0 Å². The molecule has 0 unspecified atom stereocenters. The third-order valence-electron chi connectivity index (χ3n) is 4.17. The molecule has 8 nitrogen and oxygen atoms in total.